The molecule has 0 amide bonds. The van der Waals surface area contributed by atoms with Crippen molar-refractivity contribution >= 4 is 11.7 Å². The lowest BCUT2D eigenvalue weighted by Crippen LogP contribution is -2.19. The van der Waals surface area contributed by atoms with Crippen LogP contribution in [-0.2, 0) is 16.0 Å². The monoisotopic (exact) mass is 253 g/mol. The predicted octanol–water partition coefficient (Wildman–Crippen LogP) is 2.04. The Labute approximate surface area is 105 Å². The number of halogens is 1. The zero-order valence-corrected chi connectivity index (χ0v) is 9.99. The van der Waals surface area contributed by atoms with E-state index in [1.54, 1.807) is 12.1 Å². The summed E-state index contributed by atoms with van der Waals surface area (Å²) in [7, 11) is 0. The zero-order valence-electron chi connectivity index (χ0n) is 9.99. The van der Waals surface area contributed by atoms with Gasteiger partial charge in [0.15, 0.2) is 0 Å². The largest absolute Gasteiger partial charge is 0.481 e. The molecule has 18 heavy (non-hydrogen) atoms. The number of hydrogen-bond acceptors (Lipinski definition) is 3. The molecule has 4 nitrogen and oxygen atoms in total. The van der Waals surface area contributed by atoms with Crippen molar-refractivity contribution < 1.29 is 19.0 Å². The lowest BCUT2D eigenvalue weighted by atomic mass is 10.1. The Morgan fingerprint density at radius 3 is 3.00 bits per heavy atom. The summed E-state index contributed by atoms with van der Waals surface area (Å²) in [6.07, 6.45) is 2.02. The van der Waals surface area contributed by atoms with E-state index >= 15 is 0 Å². The van der Waals surface area contributed by atoms with Crippen molar-refractivity contribution in [2.75, 3.05) is 18.5 Å². The van der Waals surface area contributed by atoms with E-state index < -0.39 is 11.8 Å². The third kappa shape index (κ3) is 3.43. The van der Waals surface area contributed by atoms with E-state index in [1.165, 1.54) is 6.07 Å². The molecular weight excluding hydrogens is 237 g/mol. The molecule has 2 rings (SSSR count). The maximum atomic E-state index is 13.7. The molecule has 1 aliphatic heterocycles. The smallest absolute Gasteiger partial charge is 0.307 e. The summed E-state index contributed by atoms with van der Waals surface area (Å²) >= 11 is 0. The van der Waals surface area contributed by atoms with Crippen molar-refractivity contribution in [1.82, 2.24) is 0 Å². The number of nitrogens with one attached hydrogen (secondary N) is 1. The Balaban J connectivity index is 1.94. The average molecular weight is 253 g/mol. The molecule has 1 atom stereocenters. The Bertz CT molecular complexity index is 430. The van der Waals surface area contributed by atoms with Gasteiger partial charge in [0.1, 0.15) is 5.82 Å². The third-order valence-electron chi connectivity index (χ3n) is 2.93. The minimum Gasteiger partial charge on any atom is -0.481 e. The molecule has 0 aromatic heterocycles. The number of ether oxygens (including phenoxy) is 1. The van der Waals surface area contributed by atoms with Gasteiger partial charge in [-0.3, -0.25) is 4.79 Å². The van der Waals surface area contributed by atoms with Gasteiger partial charge < -0.3 is 15.2 Å². The summed E-state index contributed by atoms with van der Waals surface area (Å²) in [4.78, 5) is 10.5. The lowest BCUT2D eigenvalue weighted by molar-refractivity contribution is -0.136. The van der Waals surface area contributed by atoms with Gasteiger partial charge in [0, 0.05) is 13.2 Å². The molecule has 1 saturated heterocycles. The Hall–Kier alpha value is -1.62. The Morgan fingerprint density at radius 2 is 2.39 bits per heavy atom. The van der Waals surface area contributed by atoms with E-state index in [4.69, 9.17) is 9.84 Å². The van der Waals surface area contributed by atoms with Crippen molar-refractivity contribution in [3.8, 4) is 0 Å². The molecule has 0 saturated carbocycles. The Kier molecular flexibility index (Phi) is 4.15. The third-order valence-corrected chi connectivity index (χ3v) is 2.93. The van der Waals surface area contributed by atoms with Crippen LogP contribution in [0.1, 0.15) is 18.4 Å². The minimum absolute atomic E-state index is 0.142. The molecule has 0 aliphatic carbocycles. The maximum Gasteiger partial charge on any atom is 0.307 e. The summed E-state index contributed by atoms with van der Waals surface area (Å²) in [5, 5.41) is 11.6. The molecule has 0 bridgehead atoms. The maximum absolute atomic E-state index is 13.7. The normalized spacial score (nSPS) is 18.8. The van der Waals surface area contributed by atoms with Gasteiger partial charge in [-0.1, -0.05) is 6.07 Å². The highest BCUT2D eigenvalue weighted by atomic mass is 19.1. The second kappa shape index (κ2) is 5.82. The van der Waals surface area contributed by atoms with E-state index in [2.05, 4.69) is 5.32 Å². The van der Waals surface area contributed by atoms with Crippen LogP contribution >= 0.6 is 0 Å². The second-order valence-corrected chi connectivity index (χ2v) is 4.40. The van der Waals surface area contributed by atoms with Gasteiger partial charge in [0.25, 0.3) is 0 Å². The molecule has 0 radical (unpaired) electrons. The molecule has 1 aromatic carbocycles. The van der Waals surface area contributed by atoms with Crippen LogP contribution in [0, 0.1) is 5.82 Å². The first-order valence-corrected chi connectivity index (χ1v) is 6.01. The summed E-state index contributed by atoms with van der Waals surface area (Å²) < 4.78 is 19.1. The standard InChI is InChI=1S/C13H16FNO3/c14-11-6-9(7-13(16)17)3-4-12(11)15-8-10-2-1-5-18-10/h3-4,6,10,15H,1-2,5,7-8H2,(H,16,17). The first-order valence-electron chi connectivity index (χ1n) is 6.01. The number of anilines is 1. The number of carboxylic acid groups (broad SMARTS) is 1. The minimum atomic E-state index is -0.963. The number of rotatable bonds is 5. The quantitative estimate of drug-likeness (QED) is 0.843. The zero-order chi connectivity index (χ0) is 13.0. The van der Waals surface area contributed by atoms with E-state index in [-0.39, 0.29) is 12.5 Å². The van der Waals surface area contributed by atoms with Gasteiger partial charge in [-0.15, -0.1) is 0 Å². The van der Waals surface area contributed by atoms with Crippen molar-refractivity contribution in [3.63, 3.8) is 0 Å². The van der Waals surface area contributed by atoms with Crippen molar-refractivity contribution in [2.24, 2.45) is 0 Å². The topological polar surface area (TPSA) is 58.6 Å². The van der Waals surface area contributed by atoms with Crippen LogP contribution in [0.3, 0.4) is 0 Å². The first-order chi connectivity index (χ1) is 8.65. The highest BCUT2D eigenvalue weighted by molar-refractivity contribution is 5.70. The first kappa shape index (κ1) is 12.8. The fourth-order valence-electron chi connectivity index (χ4n) is 2.02. The van der Waals surface area contributed by atoms with Gasteiger partial charge in [-0.25, -0.2) is 4.39 Å². The molecule has 1 fully saturated rings. The van der Waals surface area contributed by atoms with Crippen LogP contribution in [0.5, 0.6) is 0 Å². The fourth-order valence-corrected chi connectivity index (χ4v) is 2.02. The molecule has 5 heteroatoms. The molecule has 1 heterocycles. The van der Waals surface area contributed by atoms with Crippen LogP contribution in [0.25, 0.3) is 0 Å². The van der Waals surface area contributed by atoms with Crippen molar-refractivity contribution in [2.45, 2.75) is 25.4 Å². The molecule has 98 valence electrons. The summed E-state index contributed by atoms with van der Waals surface area (Å²) in [6, 6.07) is 4.45. The number of aliphatic carboxylic acids is 1. The Morgan fingerprint density at radius 1 is 1.56 bits per heavy atom. The average Bonchev–Trinajstić information content (AvgIpc) is 2.80. The van der Waals surface area contributed by atoms with Gasteiger partial charge in [-0.2, -0.15) is 0 Å². The molecule has 1 aliphatic rings. The fraction of sp³-hybridized carbons (Fsp3) is 0.462. The van der Waals surface area contributed by atoms with Gasteiger partial charge in [-0.05, 0) is 30.5 Å². The number of hydrogen-bond donors (Lipinski definition) is 2. The van der Waals surface area contributed by atoms with Crippen LogP contribution in [0.4, 0.5) is 10.1 Å². The van der Waals surface area contributed by atoms with Crippen LogP contribution in [0.15, 0.2) is 18.2 Å². The summed E-state index contributed by atoms with van der Waals surface area (Å²) in [6.45, 7) is 1.35. The van der Waals surface area contributed by atoms with Gasteiger partial charge in [0.05, 0.1) is 18.2 Å². The highest BCUT2D eigenvalue weighted by Gasteiger charge is 2.15. The molecule has 2 N–H and O–H groups in total. The number of carbonyl (C=O) groups is 1. The lowest BCUT2D eigenvalue weighted by Gasteiger charge is -2.12. The SMILES string of the molecule is O=C(O)Cc1ccc(NCC2CCCO2)c(F)c1. The van der Waals surface area contributed by atoms with Gasteiger partial charge in [0.2, 0.25) is 0 Å². The van der Waals surface area contributed by atoms with Crippen LogP contribution in [0.2, 0.25) is 0 Å². The van der Waals surface area contributed by atoms with Gasteiger partial charge >= 0.3 is 5.97 Å². The molecular formula is C13H16FNO3. The summed E-state index contributed by atoms with van der Waals surface area (Å²) in [5.74, 6) is -1.39. The van der Waals surface area contributed by atoms with Crippen molar-refractivity contribution in [3.05, 3.63) is 29.6 Å². The highest BCUT2D eigenvalue weighted by Crippen LogP contribution is 2.18. The van der Waals surface area contributed by atoms with E-state index in [0.717, 1.165) is 19.4 Å². The van der Waals surface area contributed by atoms with E-state index in [0.29, 0.717) is 17.8 Å². The van der Waals surface area contributed by atoms with E-state index in [9.17, 15) is 9.18 Å². The predicted molar refractivity (Wildman–Crippen MR) is 65.2 cm³/mol. The van der Waals surface area contributed by atoms with Crippen molar-refractivity contribution in [1.29, 1.82) is 0 Å². The van der Waals surface area contributed by atoms with E-state index in [1.807, 2.05) is 0 Å². The van der Waals surface area contributed by atoms with Crippen LogP contribution < -0.4 is 5.32 Å². The van der Waals surface area contributed by atoms with Crippen LogP contribution in [-0.4, -0.2) is 30.3 Å². The molecule has 1 unspecified atom stereocenters. The summed E-state index contributed by atoms with van der Waals surface area (Å²) in [5.41, 5.74) is 0.849. The molecule has 1 aromatic rings. The number of carboxylic acids is 1. The number of benzene rings is 1. The molecule has 0 spiro atoms. The second-order valence-electron chi connectivity index (χ2n) is 4.40.